The first-order valence-corrected chi connectivity index (χ1v) is 25.7. The van der Waals surface area contributed by atoms with Crippen molar-refractivity contribution in [2.45, 2.75) is 134 Å². The lowest BCUT2D eigenvalue weighted by Crippen LogP contribution is -2.42. The van der Waals surface area contributed by atoms with E-state index in [2.05, 4.69) is 63.8 Å². The van der Waals surface area contributed by atoms with Crippen LogP contribution in [-0.4, -0.2) is 67.3 Å². The molecule has 0 saturated heterocycles. The highest BCUT2D eigenvalue weighted by Crippen LogP contribution is 2.48. The van der Waals surface area contributed by atoms with Crippen molar-refractivity contribution in [3.63, 3.8) is 0 Å². The summed E-state index contributed by atoms with van der Waals surface area (Å²) in [5, 5.41) is 60.9. The maximum Gasteiger partial charge on any atom is 0.161 e. The Morgan fingerprint density at radius 1 is 0.912 bits per heavy atom. The van der Waals surface area contributed by atoms with Gasteiger partial charge in [0.05, 0.1) is 18.8 Å². The molecule has 10 rings (SSSR count). The first-order chi connectivity index (χ1) is 33.1. The van der Waals surface area contributed by atoms with E-state index in [0.717, 1.165) is 109 Å². The number of aromatic hydroxyl groups is 1. The molecule has 6 aromatic rings. The van der Waals surface area contributed by atoms with Crippen LogP contribution in [0.15, 0.2) is 77.4 Å². The lowest BCUT2D eigenvalue weighted by atomic mass is 9.67. The number of hydrogen-bond donors (Lipinski definition) is 9. The molecule has 2 saturated carbocycles. The second kappa shape index (κ2) is 20.6. The normalized spacial score (nSPS) is 25.6. The van der Waals surface area contributed by atoms with E-state index in [1.54, 1.807) is 13.0 Å². The number of benzene rings is 3. The summed E-state index contributed by atoms with van der Waals surface area (Å²) in [6.45, 7) is 3.10. The maximum absolute atomic E-state index is 11.7. The number of phenols is 1. The van der Waals surface area contributed by atoms with Crippen LogP contribution >= 0.6 is 0 Å². The summed E-state index contributed by atoms with van der Waals surface area (Å²) < 4.78 is 12.4. The minimum atomic E-state index is -0.890. The molecule has 10 N–H and O–H groups in total. The van der Waals surface area contributed by atoms with E-state index in [1.807, 2.05) is 24.4 Å². The quantitative estimate of drug-likeness (QED) is 0.0378. The van der Waals surface area contributed by atoms with E-state index in [-0.39, 0.29) is 36.8 Å². The Kier molecular flexibility index (Phi) is 14.2. The van der Waals surface area contributed by atoms with Gasteiger partial charge in [-0.3, -0.25) is 0 Å². The molecule has 0 amide bonds. The summed E-state index contributed by atoms with van der Waals surface area (Å²) in [5.74, 6) is 4.49. The van der Waals surface area contributed by atoms with Gasteiger partial charge in [-0.15, -0.1) is 0 Å². The van der Waals surface area contributed by atoms with Gasteiger partial charge in [0.2, 0.25) is 0 Å². The summed E-state index contributed by atoms with van der Waals surface area (Å²) >= 11 is 0. The summed E-state index contributed by atoms with van der Waals surface area (Å²) in [6.07, 6.45) is 18.7. The summed E-state index contributed by atoms with van der Waals surface area (Å²) in [7, 11) is 0. The van der Waals surface area contributed by atoms with Crippen LogP contribution in [0, 0.1) is 29.6 Å². The number of hydrogen-bond acceptors (Lipinski definition) is 9. The fraction of sp³-hybridized carbons (Fsp3) is 0.509. The molecule has 3 aromatic heterocycles. The number of aryl methyl sites for hydroxylation is 4. The third kappa shape index (κ3) is 9.93. The van der Waals surface area contributed by atoms with Crippen molar-refractivity contribution in [3.05, 3.63) is 124 Å². The highest BCUT2D eigenvalue weighted by molar-refractivity contribution is 6.01. The molecule has 0 radical (unpaired) electrons. The lowest BCUT2D eigenvalue weighted by molar-refractivity contribution is 0.0653. The van der Waals surface area contributed by atoms with Gasteiger partial charge in [0.1, 0.15) is 24.2 Å². The van der Waals surface area contributed by atoms with E-state index in [4.69, 9.17) is 14.9 Å². The Bertz CT molecular complexity index is 2700. The van der Waals surface area contributed by atoms with Crippen LogP contribution in [0.3, 0.4) is 0 Å². The average molecular weight is 925 g/mol. The molecule has 0 bridgehead atoms. The molecular weight excluding hydrogens is 853 g/mol. The van der Waals surface area contributed by atoms with E-state index in [0.29, 0.717) is 48.8 Å². The summed E-state index contributed by atoms with van der Waals surface area (Å²) in [4.78, 5) is 6.85. The van der Waals surface area contributed by atoms with Gasteiger partial charge < -0.3 is 55.7 Å². The molecule has 0 aliphatic heterocycles. The van der Waals surface area contributed by atoms with Gasteiger partial charge in [-0.05, 0) is 151 Å². The molecule has 0 spiro atoms. The Morgan fingerprint density at radius 2 is 1.81 bits per heavy atom. The second-order valence-electron chi connectivity index (χ2n) is 21.0. The van der Waals surface area contributed by atoms with Crippen LogP contribution in [0.4, 0.5) is 0 Å². The number of ether oxygens (including phenoxy) is 1. The number of aliphatic hydroxyl groups is 4. The third-order valence-electron chi connectivity index (χ3n) is 16.5. The number of unbranched alkanes of at least 4 members (excludes halogenated alkanes) is 1. The third-order valence-corrected chi connectivity index (χ3v) is 16.5. The standard InChI is InChI=1S/C57H72N4O7/c1-33(63)29-59-30-48-41-7-4-6-36(41)13-19-50-47(48)28-52(61-50)54(65)32-67-56-24-35(11-20-53(56)64)9-14-40-25-39(31-62)55(68-40)8-3-2-5-34-10-15-43(49(58)23-34)45-18-17-42-44(57(45)66)16-12-37-27-51-38(21-22-60-51)26-46(37)42/h11-12,16-18,20-22,24-28,33-34,36,41,43,45,48-49,54,57,59-66H,2-10,13-15,19,23,29-32,58H2,1H3. The van der Waals surface area contributed by atoms with Crippen molar-refractivity contribution < 1.29 is 34.7 Å². The highest BCUT2D eigenvalue weighted by atomic mass is 16.5. The van der Waals surface area contributed by atoms with Gasteiger partial charge in [0, 0.05) is 77.9 Å². The molecule has 2 fully saturated rings. The number of fused-ring (bicyclic) bond motifs is 6. The van der Waals surface area contributed by atoms with E-state index in [9.17, 15) is 25.5 Å². The van der Waals surface area contributed by atoms with Crippen LogP contribution in [0.5, 0.6) is 11.5 Å². The SMILES string of the molecule is CC(O)CNCC1c2cc(C(O)COc3cc(CCc4cc(CO)c(CCCCC5CCC(C6C=Cc7c(ccc8cc9[nH]ccc9cc78)C6O)C(N)C5)o4)ccc3O)[nH]c2CCC2CCCC21. The van der Waals surface area contributed by atoms with Crippen molar-refractivity contribution in [2.75, 3.05) is 19.7 Å². The van der Waals surface area contributed by atoms with Crippen molar-refractivity contribution in [3.8, 4) is 11.5 Å². The largest absolute Gasteiger partial charge is 0.504 e. The Labute approximate surface area is 400 Å². The number of aromatic nitrogens is 2. The molecule has 10 unspecified atom stereocenters. The van der Waals surface area contributed by atoms with Crippen LogP contribution < -0.4 is 15.8 Å². The lowest BCUT2D eigenvalue weighted by Gasteiger charge is -2.41. The number of phenolic OH excluding ortho intramolecular Hbond substituents is 1. The van der Waals surface area contributed by atoms with Crippen molar-refractivity contribution in [1.29, 1.82) is 0 Å². The zero-order valence-electron chi connectivity index (χ0n) is 39.6. The molecule has 11 nitrogen and oxygen atoms in total. The fourth-order valence-corrected chi connectivity index (χ4v) is 12.9. The Balaban J connectivity index is 0.685. The predicted molar refractivity (Wildman–Crippen MR) is 267 cm³/mol. The fourth-order valence-electron chi connectivity index (χ4n) is 12.9. The minimum absolute atomic E-state index is 0.00325. The van der Waals surface area contributed by atoms with Crippen molar-refractivity contribution >= 4 is 27.8 Å². The molecule has 11 heteroatoms. The number of nitrogens with two attached hydrogens (primary N) is 1. The Morgan fingerprint density at radius 3 is 2.66 bits per heavy atom. The number of furan rings is 1. The first kappa shape index (κ1) is 46.8. The van der Waals surface area contributed by atoms with E-state index >= 15 is 0 Å². The average Bonchev–Trinajstić information content (AvgIpc) is 4.16. The molecular formula is C57H72N4O7. The zero-order chi connectivity index (χ0) is 46.9. The Hall–Kier alpha value is -4.88. The summed E-state index contributed by atoms with van der Waals surface area (Å²) in [6, 6.07) is 20.2. The number of rotatable bonds is 18. The van der Waals surface area contributed by atoms with Crippen LogP contribution in [-0.2, 0) is 32.3 Å². The molecule has 68 heavy (non-hydrogen) atoms. The van der Waals surface area contributed by atoms with Gasteiger partial charge >= 0.3 is 0 Å². The maximum atomic E-state index is 11.7. The number of H-pyrrole nitrogens is 2. The molecule has 10 atom stereocenters. The molecule has 4 aliphatic carbocycles. The van der Waals surface area contributed by atoms with Gasteiger partial charge in [-0.2, -0.15) is 0 Å². The smallest absolute Gasteiger partial charge is 0.161 e. The van der Waals surface area contributed by atoms with Gasteiger partial charge in [-0.25, -0.2) is 0 Å². The van der Waals surface area contributed by atoms with Crippen molar-refractivity contribution in [2.24, 2.45) is 35.3 Å². The van der Waals surface area contributed by atoms with Crippen LogP contribution in [0.2, 0.25) is 0 Å². The predicted octanol–water partition coefficient (Wildman–Crippen LogP) is 9.59. The topological polar surface area (TPSA) is 193 Å². The van der Waals surface area contributed by atoms with E-state index < -0.39 is 18.3 Å². The number of aliphatic hydroxyl groups excluding tert-OH is 4. The van der Waals surface area contributed by atoms with Crippen LogP contribution in [0.1, 0.15) is 140 Å². The van der Waals surface area contributed by atoms with Crippen LogP contribution in [0.25, 0.3) is 27.8 Å². The highest BCUT2D eigenvalue weighted by Gasteiger charge is 2.40. The van der Waals surface area contributed by atoms with Crippen molar-refractivity contribution in [1.82, 2.24) is 15.3 Å². The second-order valence-corrected chi connectivity index (χ2v) is 21.0. The van der Waals surface area contributed by atoms with E-state index in [1.165, 1.54) is 46.7 Å². The number of aromatic amines is 2. The van der Waals surface area contributed by atoms with Gasteiger partial charge in [0.25, 0.3) is 0 Å². The monoisotopic (exact) mass is 925 g/mol. The molecule has 4 aliphatic rings. The van der Waals surface area contributed by atoms with Gasteiger partial charge in [0.15, 0.2) is 11.5 Å². The molecule has 362 valence electrons. The first-order valence-electron chi connectivity index (χ1n) is 25.7. The van der Waals surface area contributed by atoms with Gasteiger partial charge in [-0.1, -0.05) is 62.5 Å². The summed E-state index contributed by atoms with van der Waals surface area (Å²) in [5.41, 5.74) is 15.2. The molecule has 3 aromatic carbocycles. The minimum Gasteiger partial charge on any atom is -0.504 e. The zero-order valence-corrected chi connectivity index (χ0v) is 39.6. The molecule has 3 heterocycles. The number of nitrogens with one attached hydrogen (secondary N) is 3.